The molecule has 6 heteroatoms. The lowest BCUT2D eigenvalue weighted by Crippen LogP contribution is -2.51. The molecule has 0 spiro atoms. The average Bonchev–Trinajstić information content (AvgIpc) is 2.52. The number of hydrogen-bond acceptors (Lipinski definition) is 3. The largest absolute Gasteiger partial charge is 0.460 e. The van der Waals surface area contributed by atoms with E-state index in [0.717, 1.165) is 0 Å². The molecule has 1 unspecified atom stereocenters. The molecule has 2 rings (SSSR count). The lowest BCUT2D eigenvalue weighted by atomic mass is 9.63. The van der Waals surface area contributed by atoms with Crippen LogP contribution in [0.4, 0.5) is 13.2 Å². The third-order valence-electron chi connectivity index (χ3n) is 4.80. The highest BCUT2D eigenvalue weighted by atomic mass is 19.4. The number of carbonyl (C=O) groups excluding carboxylic acids is 1. The van der Waals surface area contributed by atoms with Gasteiger partial charge >= 0.3 is 12.1 Å². The monoisotopic (exact) mass is 358 g/mol. The summed E-state index contributed by atoms with van der Waals surface area (Å²) in [4.78, 5) is 12.2. The van der Waals surface area contributed by atoms with Crippen LogP contribution in [0.1, 0.15) is 52.0 Å². The van der Waals surface area contributed by atoms with Crippen LogP contribution in [-0.2, 0) is 14.9 Å². The number of aliphatic hydroxyl groups excluding tert-OH is 1. The van der Waals surface area contributed by atoms with E-state index < -0.39 is 29.2 Å². The predicted octanol–water partition coefficient (Wildman–Crippen LogP) is 4.38. The highest BCUT2D eigenvalue weighted by Crippen LogP contribution is 2.48. The normalized spacial score (nSPS) is 26.1. The third-order valence-corrected chi connectivity index (χ3v) is 4.80. The van der Waals surface area contributed by atoms with Gasteiger partial charge in [-0.25, -0.2) is 0 Å². The van der Waals surface area contributed by atoms with Gasteiger partial charge < -0.3 is 9.84 Å². The summed E-state index contributed by atoms with van der Waals surface area (Å²) in [5.74, 6) is -0.813. The van der Waals surface area contributed by atoms with Crippen LogP contribution < -0.4 is 0 Å². The fraction of sp³-hybridized carbons (Fsp3) is 0.632. The van der Waals surface area contributed by atoms with Gasteiger partial charge in [0, 0.05) is 5.41 Å². The number of halogens is 3. The summed E-state index contributed by atoms with van der Waals surface area (Å²) < 4.78 is 45.3. The van der Waals surface area contributed by atoms with Crippen molar-refractivity contribution < 1.29 is 27.8 Å². The van der Waals surface area contributed by atoms with Gasteiger partial charge in [-0.05, 0) is 52.0 Å². The van der Waals surface area contributed by atoms with Gasteiger partial charge in [-0.2, -0.15) is 13.2 Å². The van der Waals surface area contributed by atoms with Crippen molar-refractivity contribution in [2.45, 2.75) is 69.8 Å². The van der Waals surface area contributed by atoms with Crippen molar-refractivity contribution in [2.24, 2.45) is 5.92 Å². The number of rotatable bonds is 3. The predicted molar refractivity (Wildman–Crippen MR) is 88.0 cm³/mol. The highest BCUT2D eigenvalue weighted by Gasteiger charge is 2.55. The minimum Gasteiger partial charge on any atom is -0.460 e. The Morgan fingerprint density at radius 3 is 2.12 bits per heavy atom. The Kier molecular flexibility index (Phi) is 5.52. The fourth-order valence-corrected chi connectivity index (χ4v) is 3.56. The minimum atomic E-state index is -4.71. The van der Waals surface area contributed by atoms with Crippen molar-refractivity contribution in [1.82, 2.24) is 0 Å². The van der Waals surface area contributed by atoms with Gasteiger partial charge in [-0.1, -0.05) is 30.3 Å². The number of ether oxygens (including phenoxy) is 1. The summed E-state index contributed by atoms with van der Waals surface area (Å²) in [6, 6.07) is 8.29. The molecule has 140 valence electrons. The molecule has 3 nitrogen and oxygen atoms in total. The van der Waals surface area contributed by atoms with Gasteiger partial charge in [0.1, 0.15) is 5.60 Å². The molecule has 0 amide bonds. The van der Waals surface area contributed by atoms with Crippen molar-refractivity contribution >= 4 is 5.97 Å². The Morgan fingerprint density at radius 1 is 1.16 bits per heavy atom. The van der Waals surface area contributed by atoms with Crippen LogP contribution in [0.2, 0.25) is 0 Å². The first-order valence-corrected chi connectivity index (χ1v) is 8.49. The Bertz CT molecular complexity index is 582. The summed E-state index contributed by atoms with van der Waals surface area (Å²) in [5, 5.41) is 10.1. The van der Waals surface area contributed by atoms with Crippen LogP contribution >= 0.6 is 0 Å². The van der Waals surface area contributed by atoms with E-state index in [2.05, 4.69) is 0 Å². The second-order valence-corrected chi connectivity index (χ2v) is 7.77. The van der Waals surface area contributed by atoms with Crippen LogP contribution in [0.3, 0.4) is 0 Å². The van der Waals surface area contributed by atoms with Gasteiger partial charge in [-0.15, -0.1) is 0 Å². The second-order valence-electron chi connectivity index (χ2n) is 7.77. The molecular formula is C19H25F3O3. The zero-order valence-corrected chi connectivity index (χ0v) is 14.8. The summed E-state index contributed by atoms with van der Waals surface area (Å²) in [5.41, 5.74) is -1.59. The van der Waals surface area contributed by atoms with Crippen LogP contribution in [0, 0.1) is 5.92 Å². The maximum atomic E-state index is 13.3. The summed E-state index contributed by atoms with van der Waals surface area (Å²) in [6.07, 6.45) is -6.48. The third kappa shape index (κ3) is 4.54. The number of hydrogen-bond donors (Lipinski definition) is 1. The van der Waals surface area contributed by atoms with E-state index >= 15 is 0 Å². The second kappa shape index (κ2) is 6.98. The van der Waals surface area contributed by atoms with Crippen LogP contribution in [0.15, 0.2) is 30.3 Å². The maximum Gasteiger partial charge on any atom is 0.415 e. The fourth-order valence-electron chi connectivity index (χ4n) is 3.56. The summed E-state index contributed by atoms with van der Waals surface area (Å²) in [7, 11) is 0. The average molecular weight is 358 g/mol. The highest BCUT2D eigenvalue weighted by molar-refractivity contribution is 5.73. The van der Waals surface area contributed by atoms with Crippen LogP contribution in [-0.4, -0.2) is 29.0 Å². The van der Waals surface area contributed by atoms with Crippen LogP contribution in [0.25, 0.3) is 0 Å². The van der Waals surface area contributed by atoms with Crippen molar-refractivity contribution in [3.8, 4) is 0 Å². The quantitative estimate of drug-likeness (QED) is 0.816. The molecule has 1 fully saturated rings. The van der Waals surface area contributed by atoms with E-state index in [1.165, 1.54) is 0 Å². The summed E-state index contributed by atoms with van der Waals surface area (Å²) >= 11 is 0. The number of carbonyl (C=O) groups is 1. The first-order valence-electron chi connectivity index (χ1n) is 8.49. The number of alkyl halides is 3. The van der Waals surface area contributed by atoms with E-state index in [0.29, 0.717) is 5.56 Å². The van der Waals surface area contributed by atoms with E-state index in [9.17, 15) is 23.1 Å². The molecule has 0 aromatic heterocycles. The smallest absolute Gasteiger partial charge is 0.415 e. The van der Waals surface area contributed by atoms with Gasteiger partial charge in [0.25, 0.3) is 0 Å². The van der Waals surface area contributed by atoms with Gasteiger partial charge in [0.2, 0.25) is 0 Å². The minimum absolute atomic E-state index is 0.0849. The lowest BCUT2D eigenvalue weighted by molar-refractivity contribution is -0.230. The number of benzene rings is 1. The zero-order chi connectivity index (χ0) is 18.9. The number of aliphatic hydroxyl groups is 1. The van der Waals surface area contributed by atoms with Gasteiger partial charge in [0.05, 0.1) is 5.92 Å². The molecule has 0 bridgehead atoms. The van der Waals surface area contributed by atoms with Gasteiger partial charge in [-0.3, -0.25) is 4.79 Å². The molecule has 0 saturated heterocycles. The molecular weight excluding hydrogens is 333 g/mol. The van der Waals surface area contributed by atoms with E-state index in [1.54, 1.807) is 51.1 Å². The van der Waals surface area contributed by atoms with E-state index in [4.69, 9.17) is 4.74 Å². The molecule has 1 saturated carbocycles. The standard InChI is InChI=1S/C19H25F3O3/c1-17(2,3)25-15(23)13-9-11-18(12-10-13,16(24)19(20,21)22)14-7-5-4-6-8-14/h4-8,13,16,24H,9-12H2,1-3H3. The lowest BCUT2D eigenvalue weighted by Gasteiger charge is -2.44. The molecule has 1 aromatic rings. The molecule has 1 aliphatic carbocycles. The first kappa shape index (κ1) is 19.8. The Labute approximate surface area is 146 Å². The van der Waals surface area contributed by atoms with E-state index in [-0.39, 0.29) is 31.7 Å². The Balaban J connectivity index is 2.23. The molecule has 25 heavy (non-hydrogen) atoms. The Morgan fingerprint density at radius 2 is 1.68 bits per heavy atom. The van der Waals surface area contributed by atoms with Crippen molar-refractivity contribution in [2.75, 3.05) is 0 Å². The Hall–Kier alpha value is -1.56. The maximum absolute atomic E-state index is 13.3. The first-order chi connectivity index (χ1) is 11.5. The van der Waals surface area contributed by atoms with Crippen molar-refractivity contribution in [3.63, 3.8) is 0 Å². The van der Waals surface area contributed by atoms with Gasteiger partial charge in [0.15, 0.2) is 6.10 Å². The van der Waals surface area contributed by atoms with Crippen molar-refractivity contribution in [3.05, 3.63) is 35.9 Å². The molecule has 1 aromatic carbocycles. The molecule has 1 N–H and O–H groups in total. The molecule has 0 radical (unpaired) electrons. The van der Waals surface area contributed by atoms with E-state index in [1.807, 2.05) is 0 Å². The number of esters is 1. The molecule has 1 aliphatic rings. The zero-order valence-electron chi connectivity index (χ0n) is 14.8. The van der Waals surface area contributed by atoms with Crippen molar-refractivity contribution in [1.29, 1.82) is 0 Å². The summed E-state index contributed by atoms with van der Waals surface area (Å²) in [6.45, 7) is 5.28. The van der Waals surface area contributed by atoms with Crippen LogP contribution in [0.5, 0.6) is 0 Å². The topological polar surface area (TPSA) is 46.5 Å². The SMILES string of the molecule is CC(C)(C)OC(=O)C1CCC(c2ccccc2)(C(O)C(F)(F)F)CC1. The molecule has 1 atom stereocenters. The molecule has 0 aliphatic heterocycles. The molecule has 0 heterocycles.